The van der Waals surface area contributed by atoms with Crippen molar-refractivity contribution >= 4 is 25.5 Å². The minimum Gasteiger partial charge on any atom is -0.462 e. The van der Waals surface area contributed by atoms with Crippen molar-refractivity contribution in [3.8, 4) is 5.75 Å². The maximum atomic E-state index is 13.5. The molecule has 3 heterocycles. The van der Waals surface area contributed by atoms with Crippen LogP contribution in [0, 0.1) is 0 Å². The third-order valence-corrected chi connectivity index (χ3v) is 7.51. The van der Waals surface area contributed by atoms with E-state index in [1.165, 1.54) is 13.3 Å². The molecule has 1 saturated heterocycles. The lowest BCUT2D eigenvalue weighted by atomic mass is 10.2. The van der Waals surface area contributed by atoms with E-state index in [-0.39, 0.29) is 44.0 Å². The van der Waals surface area contributed by atoms with Crippen LogP contribution in [0.5, 0.6) is 5.75 Å². The molecule has 15 nitrogen and oxygen atoms in total. The number of fused-ring (bicyclic) bond motifs is 1. The summed E-state index contributed by atoms with van der Waals surface area (Å²) in [7, 11) is -4.00. The molecule has 40 heavy (non-hydrogen) atoms. The zero-order valence-electron chi connectivity index (χ0n) is 22.4. The van der Waals surface area contributed by atoms with Crippen molar-refractivity contribution in [3.05, 3.63) is 42.4 Å². The molecule has 0 amide bonds. The minimum atomic E-state index is -4.00. The summed E-state index contributed by atoms with van der Waals surface area (Å²) in [6, 6.07) is 7.46. The first kappa shape index (κ1) is 29.9. The molecular formula is C24H35N6O9P. The quantitative estimate of drug-likeness (QED) is 0.129. The number of para-hydroxylation sites is 1. The topological polar surface area (TPSA) is 201 Å². The van der Waals surface area contributed by atoms with Gasteiger partial charge < -0.3 is 40.0 Å². The number of aliphatic hydroxyl groups is 2. The van der Waals surface area contributed by atoms with Gasteiger partial charge in [0.25, 0.3) is 0 Å². The Morgan fingerprint density at radius 1 is 1.27 bits per heavy atom. The van der Waals surface area contributed by atoms with Crippen molar-refractivity contribution in [3.63, 3.8) is 0 Å². The Kier molecular flexibility index (Phi) is 9.79. The van der Waals surface area contributed by atoms with Gasteiger partial charge in [0.2, 0.25) is 0 Å². The molecule has 0 bridgehead atoms. The molecule has 2 unspecified atom stereocenters. The minimum absolute atomic E-state index is 0.0115. The Morgan fingerprint density at radius 2 is 2.02 bits per heavy atom. The number of benzene rings is 1. The second-order valence-electron chi connectivity index (χ2n) is 9.45. The van der Waals surface area contributed by atoms with Crippen LogP contribution >= 0.6 is 7.75 Å². The molecule has 6 N–H and O–H groups in total. The molecule has 4 rings (SSSR count). The van der Waals surface area contributed by atoms with Crippen LogP contribution in [0.2, 0.25) is 0 Å². The summed E-state index contributed by atoms with van der Waals surface area (Å²) in [5, 5.41) is 26.1. The highest BCUT2D eigenvalue weighted by Gasteiger charge is 2.41. The summed E-state index contributed by atoms with van der Waals surface area (Å²) in [4.78, 5) is 20.3. The highest BCUT2D eigenvalue weighted by molar-refractivity contribution is 7.52. The van der Waals surface area contributed by atoms with Gasteiger partial charge in [-0.15, -0.1) is 0 Å². The normalized spacial score (nSPS) is 24.5. The van der Waals surface area contributed by atoms with Gasteiger partial charge in [0.05, 0.1) is 25.6 Å². The largest absolute Gasteiger partial charge is 0.462 e. The van der Waals surface area contributed by atoms with E-state index in [0.717, 1.165) is 0 Å². The molecule has 0 radical (unpaired) electrons. The standard InChI is InChI=1S/C24H35N6O9P/c1-14(2)38-23(33)15(3)29-40(34,39-16-8-5-4-6-9-16)37-11-7-10-35-19-17(31)12-36-22(19)30-13-26-18-20(30)27-24(25)28-21(18)32/h4-6,8-9,13-15,17,19,21-22,31-32H,7,10-12H2,1-3H3,(H,29,34)(H3,25,27,28)/t15-,17+,19+,21?,22?,40-/m0/s1. The number of nitrogens with two attached hydrogens (primary N) is 1. The number of nitrogens with one attached hydrogen (secondary N) is 2. The van der Waals surface area contributed by atoms with Gasteiger partial charge in [-0.05, 0) is 39.3 Å². The number of imidazole rings is 1. The third-order valence-electron chi connectivity index (χ3n) is 5.83. The van der Waals surface area contributed by atoms with Gasteiger partial charge in [0.15, 0.2) is 18.4 Å². The van der Waals surface area contributed by atoms with Crippen molar-refractivity contribution in [2.24, 2.45) is 10.7 Å². The molecule has 2 aliphatic rings. The predicted molar refractivity (Wildman–Crippen MR) is 142 cm³/mol. The average molecular weight is 583 g/mol. The van der Waals surface area contributed by atoms with Crippen molar-refractivity contribution in [1.82, 2.24) is 14.6 Å². The number of hydrogen-bond donors (Lipinski definition) is 5. The van der Waals surface area contributed by atoms with Gasteiger partial charge in [0.1, 0.15) is 35.5 Å². The number of hydrogen-bond acceptors (Lipinski definition) is 13. The molecule has 6 atom stereocenters. The molecule has 0 saturated carbocycles. The van der Waals surface area contributed by atoms with E-state index in [0.29, 0.717) is 11.6 Å². The van der Waals surface area contributed by atoms with Crippen LogP contribution in [0.3, 0.4) is 0 Å². The summed E-state index contributed by atoms with van der Waals surface area (Å²) >= 11 is 0. The van der Waals surface area contributed by atoms with Crippen molar-refractivity contribution in [2.75, 3.05) is 25.1 Å². The predicted octanol–water partition coefficient (Wildman–Crippen LogP) is 1.41. The molecule has 2 aromatic rings. The monoisotopic (exact) mass is 582 g/mol. The van der Waals surface area contributed by atoms with E-state index in [1.54, 1.807) is 48.7 Å². The number of aliphatic hydroxyl groups excluding tert-OH is 2. The number of nitrogens with zero attached hydrogens (tertiary/aromatic N) is 3. The van der Waals surface area contributed by atoms with Crippen molar-refractivity contribution in [2.45, 2.75) is 64.0 Å². The van der Waals surface area contributed by atoms with Crippen LogP contribution in [-0.2, 0) is 28.1 Å². The first-order valence-corrected chi connectivity index (χ1v) is 14.3. The fraction of sp³-hybridized carbons (Fsp3) is 0.542. The Morgan fingerprint density at radius 3 is 2.75 bits per heavy atom. The van der Waals surface area contributed by atoms with Crippen LogP contribution in [0.4, 0.5) is 5.82 Å². The van der Waals surface area contributed by atoms with E-state index in [4.69, 9.17) is 29.0 Å². The highest BCUT2D eigenvalue weighted by Crippen LogP contribution is 2.45. The number of esters is 1. The lowest BCUT2D eigenvalue weighted by molar-refractivity contribution is -0.149. The lowest BCUT2D eigenvalue weighted by Gasteiger charge is -2.25. The van der Waals surface area contributed by atoms with Gasteiger partial charge in [-0.2, -0.15) is 5.09 Å². The summed E-state index contributed by atoms with van der Waals surface area (Å²) < 4.78 is 43.1. The van der Waals surface area contributed by atoms with E-state index in [9.17, 15) is 19.6 Å². The van der Waals surface area contributed by atoms with Crippen LogP contribution in [0.25, 0.3) is 0 Å². The fourth-order valence-electron chi connectivity index (χ4n) is 4.04. The Balaban J connectivity index is 1.34. The molecular weight excluding hydrogens is 547 g/mol. The van der Waals surface area contributed by atoms with E-state index in [2.05, 4.69) is 20.4 Å². The number of rotatable bonds is 13. The lowest BCUT2D eigenvalue weighted by Crippen LogP contribution is -2.36. The average Bonchev–Trinajstić information content (AvgIpc) is 3.47. The molecule has 1 fully saturated rings. The summed E-state index contributed by atoms with van der Waals surface area (Å²) in [5.41, 5.74) is 6.00. The summed E-state index contributed by atoms with van der Waals surface area (Å²) in [6.07, 6.45) is -2.35. The Labute approximate surface area is 231 Å². The molecule has 220 valence electrons. The molecule has 16 heteroatoms. The molecule has 0 spiro atoms. The van der Waals surface area contributed by atoms with Gasteiger partial charge in [-0.3, -0.25) is 13.9 Å². The second kappa shape index (κ2) is 13.1. The van der Waals surface area contributed by atoms with Crippen molar-refractivity contribution < 1.29 is 42.8 Å². The second-order valence-corrected chi connectivity index (χ2v) is 11.1. The first-order valence-electron chi connectivity index (χ1n) is 12.8. The van der Waals surface area contributed by atoms with E-state index >= 15 is 0 Å². The molecule has 2 aliphatic heterocycles. The van der Waals surface area contributed by atoms with E-state index in [1.807, 2.05) is 0 Å². The summed E-state index contributed by atoms with van der Waals surface area (Å²) in [5.74, 6) is 0.0849. The number of aromatic nitrogens is 2. The number of aliphatic imine (C=N–C) groups is 1. The maximum Gasteiger partial charge on any atom is 0.459 e. The van der Waals surface area contributed by atoms with Gasteiger partial charge >= 0.3 is 13.7 Å². The maximum absolute atomic E-state index is 13.5. The van der Waals surface area contributed by atoms with Gasteiger partial charge in [-0.25, -0.2) is 14.5 Å². The summed E-state index contributed by atoms with van der Waals surface area (Å²) in [6.45, 7) is 4.99. The van der Waals surface area contributed by atoms with Crippen LogP contribution in [-0.4, -0.2) is 75.9 Å². The number of carbonyl (C=O) groups is 1. The fourth-order valence-corrected chi connectivity index (χ4v) is 5.57. The zero-order chi connectivity index (χ0) is 28.9. The van der Waals surface area contributed by atoms with Crippen molar-refractivity contribution in [1.29, 1.82) is 0 Å². The smallest absolute Gasteiger partial charge is 0.459 e. The zero-order valence-corrected chi connectivity index (χ0v) is 23.3. The number of anilines is 1. The number of guanidine groups is 1. The number of carbonyl (C=O) groups excluding carboxylic acids is 1. The molecule has 1 aromatic carbocycles. The first-order chi connectivity index (χ1) is 19.1. The van der Waals surface area contributed by atoms with Gasteiger partial charge in [0, 0.05) is 6.61 Å². The van der Waals surface area contributed by atoms with E-state index < -0.39 is 44.4 Å². The molecule has 1 aromatic heterocycles. The van der Waals surface area contributed by atoms with Crippen LogP contribution in [0.15, 0.2) is 41.7 Å². The third kappa shape index (κ3) is 7.37. The SMILES string of the molecule is CC(C)OC(=O)[C@H](C)N[P@](=O)(OCCCO[C@H]1C(n2cnc3c2NC(N)=NC3O)OC[C@H]1O)Oc1ccccc1. The Hall–Kier alpha value is -3.04. The Bertz CT molecular complexity index is 1230. The molecule has 0 aliphatic carbocycles. The van der Waals surface area contributed by atoms with Crippen LogP contribution < -0.4 is 20.7 Å². The van der Waals surface area contributed by atoms with Gasteiger partial charge in [-0.1, -0.05) is 18.2 Å². The highest BCUT2D eigenvalue weighted by atomic mass is 31.2. The number of ether oxygens (including phenoxy) is 3. The van der Waals surface area contributed by atoms with Crippen LogP contribution in [0.1, 0.15) is 45.3 Å².